The summed E-state index contributed by atoms with van der Waals surface area (Å²) in [6.45, 7) is 5.49. The summed E-state index contributed by atoms with van der Waals surface area (Å²) in [7, 11) is 0. The molecule has 0 bridgehead atoms. The van der Waals surface area contributed by atoms with Crippen molar-refractivity contribution in [2.75, 3.05) is 13.1 Å². The number of carbonyl (C=O) groups excluding carboxylic acids is 2. The summed E-state index contributed by atoms with van der Waals surface area (Å²) in [4.78, 5) is 26.9. The van der Waals surface area contributed by atoms with E-state index in [2.05, 4.69) is 5.32 Å². The molecule has 1 aliphatic heterocycles. The Hall–Kier alpha value is -1.55. The smallest absolute Gasteiger partial charge is 0.251 e. The molecule has 0 saturated carbocycles. The zero-order valence-corrected chi connectivity index (χ0v) is 13.9. The fourth-order valence-corrected chi connectivity index (χ4v) is 2.78. The van der Waals surface area contributed by atoms with Crippen LogP contribution in [0.25, 0.3) is 0 Å². The summed E-state index contributed by atoms with van der Waals surface area (Å²) < 4.78 is 0. The van der Waals surface area contributed by atoms with E-state index in [4.69, 9.17) is 11.6 Å². The summed E-state index contributed by atoms with van der Waals surface area (Å²) in [5, 5.41) is 3.46. The molecule has 2 rings (SSSR count). The van der Waals surface area contributed by atoms with Crippen molar-refractivity contribution in [2.45, 2.75) is 39.2 Å². The van der Waals surface area contributed by atoms with E-state index in [1.54, 1.807) is 24.3 Å². The monoisotopic (exact) mass is 322 g/mol. The third-order valence-electron chi connectivity index (χ3n) is 3.99. The fraction of sp³-hybridized carbons (Fsp3) is 0.529. The molecule has 22 heavy (non-hydrogen) atoms. The van der Waals surface area contributed by atoms with E-state index >= 15 is 0 Å². The molecule has 1 atom stereocenters. The lowest BCUT2D eigenvalue weighted by molar-refractivity contribution is -0.135. The molecular weight excluding hydrogens is 300 g/mol. The quantitative estimate of drug-likeness (QED) is 0.926. The van der Waals surface area contributed by atoms with Gasteiger partial charge in [-0.2, -0.15) is 0 Å². The molecule has 0 aromatic heterocycles. The Kier molecular flexibility index (Phi) is 5.83. The van der Waals surface area contributed by atoms with Crippen LogP contribution in [0.4, 0.5) is 0 Å². The first-order valence-corrected chi connectivity index (χ1v) is 8.22. The Bertz CT molecular complexity index is 522. The van der Waals surface area contributed by atoms with Gasteiger partial charge in [0.1, 0.15) is 6.04 Å². The van der Waals surface area contributed by atoms with Crippen LogP contribution in [0, 0.1) is 5.92 Å². The van der Waals surface area contributed by atoms with Gasteiger partial charge in [0, 0.05) is 23.7 Å². The number of amides is 2. The van der Waals surface area contributed by atoms with E-state index in [1.807, 2.05) is 18.7 Å². The van der Waals surface area contributed by atoms with Gasteiger partial charge in [-0.1, -0.05) is 25.4 Å². The summed E-state index contributed by atoms with van der Waals surface area (Å²) >= 11 is 5.83. The van der Waals surface area contributed by atoms with Gasteiger partial charge in [0.25, 0.3) is 5.91 Å². The van der Waals surface area contributed by atoms with Gasteiger partial charge < -0.3 is 10.2 Å². The van der Waals surface area contributed by atoms with Crippen molar-refractivity contribution in [3.8, 4) is 0 Å². The van der Waals surface area contributed by atoms with Crippen molar-refractivity contribution in [1.29, 1.82) is 0 Å². The zero-order valence-electron chi connectivity index (χ0n) is 13.1. The van der Waals surface area contributed by atoms with Crippen molar-refractivity contribution in [3.63, 3.8) is 0 Å². The van der Waals surface area contributed by atoms with Gasteiger partial charge >= 0.3 is 0 Å². The minimum absolute atomic E-state index is 0.0250. The highest BCUT2D eigenvalue weighted by molar-refractivity contribution is 6.30. The number of carbonyl (C=O) groups is 2. The second-order valence-electron chi connectivity index (χ2n) is 6.09. The lowest BCUT2D eigenvalue weighted by atomic mass is 10.0. The van der Waals surface area contributed by atoms with Crippen LogP contribution in [0.2, 0.25) is 5.02 Å². The third kappa shape index (κ3) is 4.23. The van der Waals surface area contributed by atoms with Crippen LogP contribution in [-0.4, -0.2) is 35.8 Å². The Morgan fingerprint density at radius 1 is 1.09 bits per heavy atom. The molecule has 5 heteroatoms. The predicted molar refractivity (Wildman–Crippen MR) is 88.0 cm³/mol. The highest BCUT2D eigenvalue weighted by Gasteiger charge is 2.29. The van der Waals surface area contributed by atoms with Crippen molar-refractivity contribution in [2.24, 2.45) is 5.92 Å². The summed E-state index contributed by atoms with van der Waals surface area (Å²) in [6.07, 6.45) is 3.26. The zero-order chi connectivity index (χ0) is 16.1. The van der Waals surface area contributed by atoms with E-state index in [0.29, 0.717) is 10.6 Å². The summed E-state index contributed by atoms with van der Waals surface area (Å²) in [6, 6.07) is 6.20. The van der Waals surface area contributed by atoms with Gasteiger partial charge in [-0.25, -0.2) is 0 Å². The highest BCUT2D eigenvalue weighted by atomic mass is 35.5. The van der Waals surface area contributed by atoms with E-state index in [0.717, 1.165) is 25.9 Å². The van der Waals surface area contributed by atoms with Gasteiger partial charge in [0.05, 0.1) is 0 Å². The number of rotatable bonds is 4. The van der Waals surface area contributed by atoms with Gasteiger partial charge in [0.2, 0.25) is 5.91 Å². The Morgan fingerprint density at radius 3 is 2.23 bits per heavy atom. The van der Waals surface area contributed by atoms with Crippen LogP contribution in [0.1, 0.15) is 43.5 Å². The largest absolute Gasteiger partial charge is 0.341 e. The number of piperidine rings is 1. The minimum atomic E-state index is -0.485. The molecule has 2 amide bonds. The molecule has 4 nitrogen and oxygen atoms in total. The predicted octanol–water partition coefficient (Wildman–Crippen LogP) is 3.11. The lowest BCUT2D eigenvalue weighted by Crippen LogP contribution is -2.52. The van der Waals surface area contributed by atoms with Crippen molar-refractivity contribution >= 4 is 23.4 Å². The lowest BCUT2D eigenvalue weighted by Gasteiger charge is -2.32. The Morgan fingerprint density at radius 2 is 1.68 bits per heavy atom. The average molecular weight is 323 g/mol. The van der Waals surface area contributed by atoms with Crippen molar-refractivity contribution in [3.05, 3.63) is 34.9 Å². The Balaban J connectivity index is 2.06. The van der Waals surface area contributed by atoms with Crippen LogP contribution in [0.15, 0.2) is 24.3 Å². The standard InChI is InChI=1S/C17H23ClN2O2/c1-12(2)15(17(22)20-10-4-3-5-11-20)19-16(21)13-6-8-14(18)9-7-13/h6-9,12,15H,3-5,10-11H2,1-2H3,(H,19,21)/t15-/m0/s1. The van der Waals surface area contributed by atoms with Crippen molar-refractivity contribution in [1.82, 2.24) is 10.2 Å². The molecule has 1 heterocycles. The highest BCUT2D eigenvalue weighted by Crippen LogP contribution is 2.15. The number of likely N-dealkylation sites (tertiary alicyclic amines) is 1. The van der Waals surface area contributed by atoms with Gasteiger partial charge in [-0.3, -0.25) is 9.59 Å². The minimum Gasteiger partial charge on any atom is -0.341 e. The molecular formula is C17H23ClN2O2. The molecule has 0 spiro atoms. The van der Waals surface area contributed by atoms with Crippen molar-refractivity contribution < 1.29 is 9.59 Å². The topological polar surface area (TPSA) is 49.4 Å². The van der Waals surface area contributed by atoms with Crippen LogP contribution in [0.5, 0.6) is 0 Å². The van der Waals surface area contributed by atoms with Crippen LogP contribution < -0.4 is 5.32 Å². The molecule has 0 radical (unpaired) electrons. The van der Waals surface area contributed by atoms with Gasteiger partial charge in [-0.15, -0.1) is 0 Å². The summed E-state index contributed by atoms with van der Waals surface area (Å²) in [5.41, 5.74) is 0.515. The molecule has 0 unspecified atom stereocenters. The molecule has 1 fully saturated rings. The van der Waals surface area contributed by atoms with E-state index < -0.39 is 6.04 Å². The summed E-state index contributed by atoms with van der Waals surface area (Å²) in [5.74, 6) is -0.164. The van der Waals surface area contributed by atoms with Gasteiger partial charge in [-0.05, 0) is 49.4 Å². The second-order valence-corrected chi connectivity index (χ2v) is 6.52. The fourth-order valence-electron chi connectivity index (χ4n) is 2.65. The number of hydrogen-bond acceptors (Lipinski definition) is 2. The maximum absolute atomic E-state index is 12.7. The number of benzene rings is 1. The van der Waals surface area contributed by atoms with Crippen LogP contribution >= 0.6 is 11.6 Å². The molecule has 120 valence electrons. The maximum atomic E-state index is 12.7. The molecule has 1 aliphatic rings. The SMILES string of the molecule is CC(C)[C@H](NC(=O)c1ccc(Cl)cc1)C(=O)N1CCCCC1. The normalized spacial score (nSPS) is 16.5. The number of nitrogens with one attached hydrogen (secondary N) is 1. The molecule has 0 aliphatic carbocycles. The number of nitrogens with zero attached hydrogens (tertiary/aromatic N) is 1. The van der Waals surface area contributed by atoms with Crippen LogP contribution in [-0.2, 0) is 4.79 Å². The first-order valence-electron chi connectivity index (χ1n) is 7.84. The van der Waals surface area contributed by atoms with E-state index in [-0.39, 0.29) is 17.7 Å². The molecule has 1 aromatic rings. The number of halogens is 1. The third-order valence-corrected chi connectivity index (χ3v) is 4.25. The molecule has 1 aromatic carbocycles. The first kappa shape index (κ1) is 16.8. The average Bonchev–Trinajstić information content (AvgIpc) is 2.53. The van der Waals surface area contributed by atoms with Crippen LogP contribution in [0.3, 0.4) is 0 Å². The van der Waals surface area contributed by atoms with E-state index in [9.17, 15) is 9.59 Å². The molecule has 1 saturated heterocycles. The van der Waals surface area contributed by atoms with E-state index in [1.165, 1.54) is 6.42 Å². The Labute approximate surface area is 136 Å². The number of hydrogen-bond donors (Lipinski definition) is 1. The van der Waals surface area contributed by atoms with Gasteiger partial charge in [0.15, 0.2) is 0 Å². The first-order chi connectivity index (χ1) is 10.5. The maximum Gasteiger partial charge on any atom is 0.251 e. The molecule has 1 N–H and O–H groups in total. The second kappa shape index (κ2) is 7.63.